The van der Waals surface area contributed by atoms with Crippen molar-refractivity contribution in [1.29, 1.82) is 0 Å². The molecule has 28 heavy (non-hydrogen) atoms. The van der Waals surface area contributed by atoms with Gasteiger partial charge in [-0.3, -0.25) is 9.59 Å². The Hall–Kier alpha value is -3.55. The lowest BCUT2D eigenvalue weighted by Gasteiger charge is -2.21. The number of H-pyrrole nitrogens is 1. The number of benzene rings is 2. The minimum atomic E-state index is -0.177. The molecule has 0 aliphatic rings. The number of aromatic nitrogens is 4. The largest absolute Gasteiger partial charge is 0.341 e. The Bertz CT molecular complexity index is 942. The molecule has 1 N–H and O–H groups in total. The van der Waals surface area contributed by atoms with Crippen LogP contribution in [0.1, 0.15) is 39.4 Å². The number of amides is 2. The van der Waals surface area contributed by atoms with Crippen LogP contribution in [0.5, 0.6) is 0 Å². The van der Waals surface area contributed by atoms with E-state index in [1.807, 2.05) is 37.3 Å². The highest BCUT2D eigenvalue weighted by Crippen LogP contribution is 2.17. The third-order valence-corrected chi connectivity index (χ3v) is 4.50. The average molecular weight is 378 g/mol. The van der Waals surface area contributed by atoms with Crippen LogP contribution in [0.25, 0.3) is 0 Å². The molecule has 0 aliphatic heterocycles. The minimum Gasteiger partial charge on any atom is -0.341 e. The maximum atomic E-state index is 12.8. The number of carbonyl (C=O) groups is 2. The number of carbonyl (C=O) groups excluding carboxylic acids is 2. The van der Waals surface area contributed by atoms with Crippen molar-refractivity contribution in [3.63, 3.8) is 0 Å². The molecule has 0 saturated heterocycles. The van der Waals surface area contributed by atoms with Crippen molar-refractivity contribution in [2.24, 2.45) is 0 Å². The number of likely N-dealkylation sites (N-methyl/N-ethyl adjacent to an activating group) is 1. The Morgan fingerprint density at radius 1 is 1.00 bits per heavy atom. The van der Waals surface area contributed by atoms with Gasteiger partial charge in [0.25, 0.3) is 11.8 Å². The Morgan fingerprint density at radius 2 is 1.68 bits per heavy atom. The van der Waals surface area contributed by atoms with Gasteiger partial charge in [-0.25, -0.2) is 0 Å². The summed E-state index contributed by atoms with van der Waals surface area (Å²) in [5.74, 6) is 0.130. The Morgan fingerprint density at radius 3 is 2.32 bits per heavy atom. The summed E-state index contributed by atoms with van der Waals surface area (Å²) >= 11 is 0. The zero-order valence-electron chi connectivity index (χ0n) is 16.0. The summed E-state index contributed by atoms with van der Waals surface area (Å²) in [6, 6.07) is 16.1. The Kier molecular flexibility index (Phi) is 5.78. The second-order valence-corrected chi connectivity index (χ2v) is 6.64. The molecule has 144 valence electrons. The van der Waals surface area contributed by atoms with E-state index in [1.54, 1.807) is 48.2 Å². The van der Waals surface area contributed by atoms with Gasteiger partial charge in [-0.2, -0.15) is 5.21 Å². The van der Waals surface area contributed by atoms with Crippen molar-refractivity contribution in [3.8, 4) is 0 Å². The molecule has 8 nitrogen and oxygen atoms in total. The zero-order valence-corrected chi connectivity index (χ0v) is 16.0. The van der Waals surface area contributed by atoms with E-state index in [0.717, 1.165) is 5.69 Å². The second kappa shape index (κ2) is 8.43. The molecule has 1 unspecified atom stereocenters. The molecule has 0 bridgehead atoms. The number of hydrogen-bond donors (Lipinski definition) is 1. The molecule has 1 aromatic heterocycles. The molecule has 1 atom stereocenters. The van der Waals surface area contributed by atoms with Crippen LogP contribution in [0.3, 0.4) is 0 Å². The van der Waals surface area contributed by atoms with E-state index < -0.39 is 0 Å². The highest BCUT2D eigenvalue weighted by molar-refractivity contribution is 6.07. The number of tetrazole rings is 1. The van der Waals surface area contributed by atoms with Gasteiger partial charge in [-0.15, -0.1) is 10.2 Å². The number of rotatable bonds is 6. The minimum absolute atomic E-state index is 0.0678. The molecule has 0 spiro atoms. The van der Waals surface area contributed by atoms with E-state index in [-0.39, 0.29) is 17.7 Å². The van der Waals surface area contributed by atoms with E-state index in [4.69, 9.17) is 0 Å². The molecule has 2 aromatic carbocycles. The highest BCUT2D eigenvalue weighted by atomic mass is 16.2. The van der Waals surface area contributed by atoms with E-state index in [2.05, 4.69) is 20.6 Å². The molecular formula is C20H22N6O2. The fourth-order valence-electron chi connectivity index (χ4n) is 2.92. The van der Waals surface area contributed by atoms with Gasteiger partial charge in [-0.05, 0) is 30.3 Å². The average Bonchev–Trinajstić information content (AvgIpc) is 3.28. The summed E-state index contributed by atoms with van der Waals surface area (Å²) in [5, 5.41) is 13.9. The molecule has 0 radical (unpaired) electrons. The van der Waals surface area contributed by atoms with E-state index >= 15 is 0 Å². The number of hydrogen-bond acceptors (Lipinski definition) is 5. The standard InChI is InChI=1S/C20H22N6O2/c1-14(18-21-23-24-22-18)13-25(2)19(27)15-8-7-9-16(12-15)20(28)26(3)17-10-5-4-6-11-17/h4-12,14H,13H2,1-3H3,(H,21,22,23,24). The zero-order chi connectivity index (χ0) is 20.1. The van der Waals surface area contributed by atoms with Gasteiger partial charge in [-0.1, -0.05) is 36.4 Å². The van der Waals surface area contributed by atoms with Crippen LogP contribution in [0.15, 0.2) is 54.6 Å². The third kappa shape index (κ3) is 4.22. The molecular weight excluding hydrogens is 356 g/mol. The molecule has 0 fully saturated rings. The molecule has 3 rings (SSSR count). The summed E-state index contributed by atoms with van der Waals surface area (Å²) in [6.45, 7) is 2.35. The smallest absolute Gasteiger partial charge is 0.258 e. The number of nitrogens with one attached hydrogen (secondary N) is 1. The Labute approximate surface area is 163 Å². The normalized spacial score (nSPS) is 11.7. The molecule has 3 aromatic rings. The lowest BCUT2D eigenvalue weighted by atomic mass is 10.1. The first-order chi connectivity index (χ1) is 13.5. The van der Waals surface area contributed by atoms with Crippen molar-refractivity contribution < 1.29 is 9.59 Å². The number of nitrogens with zero attached hydrogens (tertiary/aromatic N) is 5. The number of para-hydroxylation sites is 1. The van der Waals surface area contributed by atoms with E-state index in [0.29, 0.717) is 23.5 Å². The van der Waals surface area contributed by atoms with Gasteiger partial charge in [0.15, 0.2) is 5.82 Å². The molecule has 0 saturated carbocycles. The van der Waals surface area contributed by atoms with Crippen LogP contribution >= 0.6 is 0 Å². The molecule has 0 aliphatic carbocycles. The monoisotopic (exact) mass is 378 g/mol. The third-order valence-electron chi connectivity index (χ3n) is 4.50. The van der Waals surface area contributed by atoms with E-state index in [1.165, 1.54) is 0 Å². The van der Waals surface area contributed by atoms with Crippen molar-refractivity contribution in [2.45, 2.75) is 12.8 Å². The van der Waals surface area contributed by atoms with Gasteiger partial charge in [0.05, 0.1) is 0 Å². The quantitative estimate of drug-likeness (QED) is 0.710. The first-order valence-corrected chi connectivity index (χ1v) is 8.89. The second-order valence-electron chi connectivity index (χ2n) is 6.64. The van der Waals surface area contributed by atoms with Crippen molar-refractivity contribution >= 4 is 17.5 Å². The van der Waals surface area contributed by atoms with Crippen LogP contribution < -0.4 is 4.90 Å². The van der Waals surface area contributed by atoms with Crippen molar-refractivity contribution in [3.05, 3.63) is 71.5 Å². The number of aromatic amines is 1. The van der Waals surface area contributed by atoms with E-state index in [9.17, 15) is 9.59 Å². The van der Waals surface area contributed by atoms with Crippen LogP contribution in [-0.2, 0) is 0 Å². The van der Waals surface area contributed by atoms with Gasteiger partial charge < -0.3 is 9.80 Å². The first kappa shape index (κ1) is 19.2. The van der Waals surface area contributed by atoms with Gasteiger partial charge in [0.2, 0.25) is 0 Å². The van der Waals surface area contributed by atoms with Crippen LogP contribution in [-0.4, -0.2) is 58.0 Å². The highest BCUT2D eigenvalue weighted by Gasteiger charge is 2.20. The van der Waals surface area contributed by atoms with Gasteiger partial charge in [0.1, 0.15) is 0 Å². The molecule has 2 amide bonds. The van der Waals surface area contributed by atoms with Crippen LogP contribution in [0, 0.1) is 0 Å². The molecule has 8 heteroatoms. The van der Waals surface area contributed by atoms with Gasteiger partial charge in [0, 0.05) is 43.4 Å². The Balaban J connectivity index is 1.73. The topological polar surface area (TPSA) is 95.1 Å². The SMILES string of the molecule is CC(CN(C)C(=O)c1cccc(C(=O)N(C)c2ccccc2)c1)c1nn[nH]n1. The summed E-state index contributed by atoms with van der Waals surface area (Å²) in [7, 11) is 3.42. The van der Waals surface area contributed by atoms with Gasteiger partial charge >= 0.3 is 0 Å². The summed E-state index contributed by atoms with van der Waals surface area (Å²) in [5.41, 5.74) is 1.70. The van der Waals surface area contributed by atoms with Crippen molar-refractivity contribution in [2.75, 3.05) is 25.5 Å². The fourth-order valence-corrected chi connectivity index (χ4v) is 2.92. The summed E-state index contributed by atoms with van der Waals surface area (Å²) in [6.07, 6.45) is 0. The number of anilines is 1. The summed E-state index contributed by atoms with van der Waals surface area (Å²) < 4.78 is 0. The first-order valence-electron chi connectivity index (χ1n) is 8.89. The lowest BCUT2D eigenvalue weighted by molar-refractivity contribution is 0.0787. The maximum absolute atomic E-state index is 12.8. The van der Waals surface area contributed by atoms with Crippen LogP contribution in [0.4, 0.5) is 5.69 Å². The fraction of sp³-hybridized carbons (Fsp3) is 0.250. The lowest BCUT2D eigenvalue weighted by Crippen LogP contribution is -2.31. The predicted octanol–water partition coefficient (Wildman–Crippen LogP) is 2.35. The van der Waals surface area contributed by atoms with Crippen molar-refractivity contribution in [1.82, 2.24) is 25.5 Å². The maximum Gasteiger partial charge on any atom is 0.258 e. The summed E-state index contributed by atoms with van der Waals surface area (Å²) in [4.78, 5) is 28.7. The molecule has 1 heterocycles. The van der Waals surface area contributed by atoms with Crippen LogP contribution in [0.2, 0.25) is 0 Å². The predicted molar refractivity (Wildman–Crippen MR) is 105 cm³/mol.